The first kappa shape index (κ1) is 16.1. The standard InChI is InChI=1S/C14H27NO2/c1-9(10(2)13(3,4)5)11(16)15-12(17)14(6,7)8/h9-10H,1-8H3,(H,15,16,17)/t9-,10-/m1/s1. The topological polar surface area (TPSA) is 46.2 Å². The molecule has 0 aromatic carbocycles. The molecule has 0 unspecified atom stereocenters. The summed E-state index contributed by atoms with van der Waals surface area (Å²) in [5.41, 5.74) is -0.470. The first-order valence-corrected chi connectivity index (χ1v) is 6.22. The summed E-state index contributed by atoms with van der Waals surface area (Å²) in [5, 5.41) is 2.49. The summed E-state index contributed by atoms with van der Waals surface area (Å²) in [6.45, 7) is 15.6. The molecule has 0 fully saturated rings. The van der Waals surface area contributed by atoms with Gasteiger partial charge in [0.1, 0.15) is 0 Å². The zero-order valence-corrected chi connectivity index (χ0v) is 12.5. The fourth-order valence-corrected chi connectivity index (χ4v) is 1.39. The average molecular weight is 241 g/mol. The molecule has 0 aromatic rings. The molecule has 0 bridgehead atoms. The van der Waals surface area contributed by atoms with Gasteiger partial charge in [-0.25, -0.2) is 0 Å². The van der Waals surface area contributed by atoms with Crippen LogP contribution >= 0.6 is 0 Å². The molecule has 2 atom stereocenters. The van der Waals surface area contributed by atoms with Gasteiger partial charge in [0.25, 0.3) is 0 Å². The maximum Gasteiger partial charge on any atom is 0.231 e. The maximum absolute atomic E-state index is 12.0. The Morgan fingerprint density at radius 2 is 1.35 bits per heavy atom. The van der Waals surface area contributed by atoms with Crippen LogP contribution in [0.15, 0.2) is 0 Å². The van der Waals surface area contributed by atoms with Gasteiger partial charge in [-0.1, -0.05) is 55.4 Å². The third-order valence-electron chi connectivity index (χ3n) is 3.45. The van der Waals surface area contributed by atoms with E-state index in [2.05, 4.69) is 26.1 Å². The molecule has 0 radical (unpaired) electrons. The monoisotopic (exact) mass is 241 g/mol. The lowest BCUT2D eigenvalue weighted by molar-refractivity contribution is -0.138. The predicted molar refractivity (Wildman–Crippen MR) is 70.4 cm³/mol. The minimum atomic E-state index is -0.527. The Morgan fingerprint density at radius 1 is 0.941 bits per heavy atom. The van der Waals surface area contributed by atoms with Gasteiger partial charge in [0.15, 0.2) is 0 Å². The number of imide groups is 1. The molecule has 0 aliphatic carbocycles. The average Bonchev–Trinajstić information content (AvgIpc) is 2.12. The Hall–Kier alpha value is -0.860. The molecule has 0 spiro atoms. The summed E-state index contributed by atoms with van der Waals surface area (Å²) >= 11 is 0. The molecule has 0 rings (SSSR count). The van der Waals surface area contributed by atoms with Crippen molar-refractivity contribution in [3.05, 3.63) is 0 Å². The molecular weight excluding hydrogens is 214 g/mol. The molecule has 0 saturated heterocycles. The number of hydrogen-bond donors (Lipinski definition) is 1. The first-order chi connectivity index (χ1) is 7.37. The van der Waals surface area contributed by atoms with E-state index in [1.165, 1.54) is 0 Å². The van der Waals surface area contributed by atoms with Crippen LogP contribution in [-0.2, 0) is 9.59 Å². The third-order valence-corrected chi connectivity index (χ3v) is 3.45. The van der Waals surface area contributed by atoms with E-state index < -0.39 is 5.41 Å². The van der Waals surface area contributed by atoms with Crippen molar-refractivity contribution in [1.29, 1.82) is 0 Å². The summed E-state index contributed by atoms with van der Waals surface area (Å²) in [4.78, 5) is 23.7. The molecule has 0 saturated carbocycles. The van der Waals surface area contributed by atoms with Crippen molar-refractivity contribution in [3.8, 4) is 0 Å². The van der Waals surface area contributed by atoms with Crippen LogP contribution in [0.4, 0.5) is 0 Å². The number of rotatable bonds is 2. The van der Waals surface area contributed by atoms with E-state index in [1.54, 1.807) is 20.8 Å². The van der Waals surface area contributed by atoms with Gasteiger partial charge in [-0.2, -0.15) is 0 Å². The summed E-state index contributed by atoms with van der Waals surface area (Å²) in [6, 6.07) is 0. The maximum atomic E-state index is 12.0. The fourth-order valence-electron chi connectivity index (χ4n) is 1.39. The van der Waals surface area contributed by atoms with Gasteiger partial charge >= 0.3 is 0 Å². The minimum Gasteiger partial charge on any atom is -0.296 e. The highest BCUT2D eigenvalue weighted by Crippen LogP contribution is 2.31. The van der Waals surface area contributed by atoms with Crippen molar-refractivity contribution in [3.63, 3.8) is 0 Å². The van der Waals surface area contributed by atoms with Crippen molar-refractivity contribution in [2.24, 2.45) is 22.7 Å². The van der Waals surface area contributed by atoms with Gasteiger partial charge in [-0.3, -0.25) is 14.9 Å². The van der Waals surface area contributed by atoms with Gasteiger partial charge in [-0.05, 0) is 11.3 Å². The largest absolute Gasteiger partial charge is 0.296 e. The molecule has 2 amide bonds. The van der Waals surface area contributed by atoms with Gasteiger partial charge in [0, 0.05) is 11.3 Å². The van der Waals surface area contributed by atoms with E-state index in [0.29, 0.717) is 0 Å². The van der Waals surface area contributed by atoms with E-state index in [-0.39, 0.29) is 29.1 Å². The summed E-state index contributed by atoms with van der Waals surface area (Å²) in [7, 11) is 0. The quantitative estimate of drug-likeness (QED) is 0.808. The molecular formula is C14H27NO2. The van der Waals surface area contributed by atoms with E-state index in [9.17, 15) is 9.59 Å². The van der Waals surface area contributed by atoms with Crippen LogP contribution in [-0.4, -0.2) is 11.8 Å². The van der Waals surface area contributed by atoms with Crippen molar-refractivity contribution in [2.45, 2.75) is 55.4 Å². The van der Waals surface area contributed by atoms with E-state index >= 15 is 0 Å². The lowest BCUT2D eigenvalue weighted by Crippen LogP contribution is -2.44. The third kappa shape index (κ3) is 4.88. The van der Waals surface area contributed by atoms with Crippen LogP contribution < -0.4 is 5.32 Å². The Labute approximate surface area is 105 Å². The number of amides is 2. The lowest BCUT2D eigenvalue weighted by Gasteiger charge is -2.32. The summed E-state index contributed by atoms with van der Waals surface area (Å²) in [6.07, 6.45) is 0. The van der Waals surface area contributed by atoms with Crippen molar-refractivity contribution in [1.82, 2.24) is 5.32 Å². The molecule has 100 valence electrons. The second kappa shape index (κ2) is 5.19. The minimum absolute atomic E-state index is 0.0571. The van der Waals surface area contributed by atoms with Crippen LogP contribution in [0, 0.1) is 22.7 Å². The summed E-state index contributed by atoms with van der Waals surface area (Å²) in [5.74, 6) is -0.334. The Bertz CT molecular complexity index is 294. The second-order valence-electron chi connectivity index (χ2n) is 7.01. The highest BCUT2D eigenvalue weighted by molar-refractivity contribution is 5.98. The Balaban J connectivity index is 4.59. The lowest BCUT2D eigenvalue weighted by atomic mass is 9.74. The summed E-state index contributed by atoms with van der Waals surface area (Å²) < 4.78 is 0. The van der Waals surface area contributed by atoms with Crippen LogP contribution in [0.25, 0.3) is 0 Å². The van der Waals surface area contributed by atoms with Crippen LogP contribution in [0.5, 0.6) is 0 Å². The van der Waals surface area contributed by atoms with Crippen LogP contribution in [0.1, 0.15) is 55.4 Å². The van der Waals surface area contributed by atoms with Crippen molar-refractivity contribution >= 4 is 11.8 Å². The van der Waals surface area contributed by atoms with Gasteiger partial charge in [0.2, 0.25) is 11.8 Å². The number of nitrogens with one attached hydrogen (secondary N) is 1. The zero-order chi connectivity index (χ0) is 14.0. The van der Waals surface area contributed by atoms with Crippen LogP contribution in [0.2, 0.25) is 0 Å². The van der Waals surface area contributed by atoms with E-state index in [1.807, 2.05) is 13.8 Å². The number of carbonyl (C=O) groups is 2. The molecule has 17 heavy (non-hydrogen) atoms. The predicted octanol–water partition coefficient (Wildman–Crippen LogP) is 2.99. The second-order valence-corrected chi connectivity index (χ2v) is 7.01. The van der Waals surface area contributed by atoms with Gasteiger partial charge in [-0.15, -0.1) is 0 Å². The van der Waals surface area contributed by atoms with E-state index in [0.717, 1.165) is 0 Å². The number of carbonyl (C=O) groups excluding carboxylic acids is 2. The Kier molecular flexibility index (Phi) is 4.93. The number of hydrogen-bond acceptors (Lipinski definition) is 2. The molecule has 0 aromatic heterocycles. The van der Waals surface area contributed by atoms with Crippen LogP contribution in [0.3, 0.4) is 0 Å². The van der Waals surface area contributed by atoms with Crippen molar-refractivity contribution in [2.75, 3.05) is 0 Å². The molecule has 0 aliphatic heterocycles. The van der Waals surface area contributed by atoms with E-state index in [4.69, 9.17) is 0 Å². The molecule has 3 heteroatoms. The van der Waals surface area contributed by atoms with Crippen molar-refractivity contribution < 1.29 is 9.59 Å². The fraction of sp³-hybridized carbons (Fsp3) is 0.857. The van der Waals surface area contributed by atoms with Gasteiger partial charge < -0.3 is 0 Å². The highest BCUT2D eigenvalue weighted by Gasteiger charge is 2.32. The molecule has 3 nitrogen and oxygen atoms in total. The Morgan fingerprint density at radius 3 is 1.65 bits per heavy atom. The molecule has 0 aliphatic rings. The van der Waals surface area contributed by atoms with Gasteiger partial charge in [0.05, 0.1) is 0 Å². The molecule has 1 N–H and O–H groups in total. The normalized spacial score (nSPS) is 16.2. The smallest absolute Gasteiger partial charge is 0.231 e. The zero-order valence-electron chi connectivity index (χ0n) is 12.5. The SMILES string of the molecule is C[C@H]([C@@H](C)C(=O)NC(=O)C(C)(C)C)C(C)(C)C. The highest BCUT2D eigenvalue weighted by atomic mass is 16.2. The first-order valence-electron chi connectivity index (χ1n) is 6.22. The molecule has 0 heterocycles.